The number of carboxylic acids is 1. The van der Waals surface area contributed by atoms with Gasteiger partial charge in [-0.25, -0.2) is 0 Å². The van der Waals surface area contributed by atoms with Crippen molar-refractivity contribution in [1.82, 2.24) is 0 Å². The van der Waals surface area contributed by atoms with E-state index in [1.54, 1.807) is 0 Å². The zero-order valence-electron chi connectivity index (χ0n) is 13.3. The molecule has 0 fully saturated rings. The smallest absolute Gasteiger partial charge is 0.306 e. The first-order valence-electron chi connectivity index (χ1n) is 8.36. The Kier molecular flexibility index (Phi) is 12.2. The quantitative estimate of drug-likeness (QED) is 0.439. The van der Waals surface area contributed by atoms with E-state index in [0.717, 1.165) is 12.8 Å². The molecule has 1 N–H and O–H groups in total. The molecule has 2 atom stereocenters. The zero-order valence-corrected chi connectivity index (χ0v) is 13.3. The Bertz CT molecular complexity index is 213. The normalized spacial score (nSPS) is 14.3. The first-order chi connectivity index (χ1) is 9.13. The van der Waals surface area contributed by atoms with E-state index in [2.05, 4.69) is 13.8 Å². The molecule has 0 saturated heterocycles. The summed E-state index contributed by atoms with van der Waals surface area (Å²) in [6, 6.07) is 0. The van der Waals surface area contributed by atoms with Gasteiger partial charge in [0, 0.05) is 0 Å². The van der Waals surface area contributed by atoms with Crippen molar-refractivity contribution in [3.8, 4) is 0 Å². The van der Waals surface area contributed by atoms with Gasteiger partial charge in [-0.1, -0.05) is 78.6 Å². The highest BCUT2D eigenvalue weighted by Gasteiger charge is 2.22. The molecule has 0 bridgehead atoms. The van der Waals surface area contributed by atoms with Crippen LogP contribution in [0.5, 0.6) is 0 Å². The number of aliphatic carboxylic acids is 1. The molecule has 0 aliphatic rings. The van der Waals surface area contributed by atoms with Gasteiger partial charge >= 0.3 is 5.97 Å². The van der Waals surface area contributed by atoms with Crippen molar-refractivity contribution in [3.05, 3.63) is 0 Å². The third-order valence-electron chi connectivity index (χ3n) is 4.20. The van der Waals surface area contributed by atoms with Crippen LogP contribution in [0.2, 0.25) is 0 Å². The molecule has 0 heterocycles. The number of hydrogen-bond donors (Lipinski definition) is 1. The van der Waals surface area contributed by atoms with Crippen molar-refractivity contribution in [3.63, 3.8) is 0 Å². The van der Waals surface area contributed by atoms with Gasteiger partial charge in [0.15, 0.2) is 0 Å². The van der Waals surface area contributed by atoms with Crippen molar-refractivity contribution in [1.29, 1.82) is 0 Å². The molecule has 0 radical (unpaired) electrons. The molecule has 0 aliphatic carbocycles. The lowest BCUT2D eigenvalue weighted by Crippen LogP contribution is -2.20. The van der Waals surface area contributed by atoms with Gasteiger partial charge in [0.05, 0.1) is 5.92 Å². The zero-order chi connectivity index (χ0) is 14.5. The molecule has 114 valence electrons. The topological polar surface area (TPSA) is 37.3 Å². The number of carboxylic acid groups (broad SMARTS) is 1. The third kappa shape index (κ3) is 9.98. The van der Waals surface area contributed by atoms with Gasteiger partial charge in [-0.15, -0.1) is 0 Å². The van der Waals surface area contributed by atoms with Crippen molar-refractivity contribution in [2.45, 2.75) is 91.4 Å². The first-order valence-corrected chi connectivity index (χ1v) is 8.36. The van der Waals surface area contributed by atoms with E-state index >= 15 is 0 Å². The predicted octanol–water partition coefficient (Wildman–Crippen LogP) is 5.65. The molecule has 0 amide bonds. The Morgan fingerprint density at radius 3 is 1.68 bits per heavy atom. The minimum atomic E-state index is -0.617. The molecule has 1 unspecified atom stereocenters. The molecular formula is C17H34O2. The SMILES string of the molecule is CCCCCCCC(CCCCCC)[C@H](C)C(=O)O. The Balaban J connectivity index is 3.93. The third-order valence-corrected chi connectivity index (χ3v) is 4.20. The van der Waals surface area contributed by atoms with Crippen LogP contribution in [0.4, 0.5) is 0 Å². The molecule has 2 heteroatoms. The van der Waals surface area contributed by atoms with Crippen LogP contribution in [-0.4, -0.2) is 11.1 Å². The molecule has 2 nitrogen and oxygen atoms in total. The average Bonchev–Trinajstić information content (AvgIpc) is 2.40. The summed E-state index contributed by atoms with van der Waals surface area (Å²) in [6.45, 7) is 6.33. The number of rotatable bonds is 13. The second-order valence-electron chi connectivity index (χ2n) is 5.94. The van der Waals surface area contributed by atoms with E-state index in [1.165, 1.54) is 57.8 Å². The van der Waals surface area contributed by atoms with Gasteiger partial charge in [-0.05, 0) is 18.8 Å². The fourth-order valence-electron chi connectivity index (χ4n) is 2.69. The predicted molar refractivity (Wildman–Crippen MR) is 82.4 cm³/mol. The molecule has 0 aromatic heterocycles. The summed E-state index contributed by atoms with van der Waals surface area (Å²) in [5, 5.41) is 9.20. The summed E-state index contributed by atoms with van der Waals surface area (Å²) in [4.78, 5) is 11.2. The highest BCUT2D eigenvalue weighted by molar-refractivity contribution is 5.69. The van der Waals surface area contributed by atoms with Crippen molar-refractivity contribution >= 4 is 5.97 Å². The van der Waals surface area contributed by atoms with Crippen LogP contribution >= 0.6 is 0 Å². The Labute approximate surface area is 120 Å². The number of hydrogen-bond acceptors (Lipinski definition) is 1. The van der Waals surface area contributed by atoms with E-state index < -0.39 is 5.97 Å². The summed E-state index contributed by atoms with van der Waals surface area (Å²) in [7, 11) is 0. The highest BCUT2D eigenvalue weighted by Crippen LogP contribution is 2.26. The molecule has 0 saturated carbocycles. The molecule has 19 heavy (non-hydrogen) atoms. The molecule has 0 aromatic rings. The van der Waals surface area contributed by atoms with Crippen molar-refractivity contribution in [2.24, 2.45) is 11.8 Å². The van der Waals surface area contributed by atoms with Crippen LogP contribution in [-0.2, 0) is 4.79 Å². The highest BCUT2D eigenvalue weighted by atomic mass is 16.4. The largest absolute Gasteiger partial charge is 0.481 e. The Morgan fingerprint density at radius 2 is 1.26 bits per heavy atom. The lowest BCUT2D eigenvalue weighted by atomic mass is 9.84. The van der Waals surface area contributed by atoms with Gasteiger partial charge < -0.3 is 5.11 Å². The standard InChI is InChI=1S/C17H34O2/c1-4-6-8-10-12-14-16(15(3)17(18)19)13-11-9-7-5-2/h15-16H,4-14H2,1-3H3,(H,18,19)/t15-,16?/m0/s1. The van der Waals surface area contributed by atoms with Crippen LogP contribution in [0, 0.1) is 11.8 Å². The van der Waals surface area contributed by atoms with Gasteiger partial charge in [0.2, 0.25) is 0 Å². The summed E-state index contributed by atoms with van der Waals surface area (Å²) in [5.41, 5.74) is 0. The monoisotopic (exact) mass is 270 g/mol. The lowest BCUT2D eigenvalue weighted by molar-refractivity contribution is -0.143. The minimum absolute atomic E-state index is 0.173. The molecule has 0 spiro atoms. The van der Waals surface area contributed by atoms with E-state index in [-0.39, 0.29) is 5.92 Å². The van der Waals surface area contributed by atoms with Crippen molar-refractivity contribution < 1.29 is 9.90 Å². The average molecular weight is 270 g/mol. The summed E-state index contributed by atoms with van der Waals surface area (Å²) in [5.74, 6) is -0.405. The Hall–Kier alpha value is -0.530. The van der Waals surface area contributed by atoms with E-state index in [9.17, 15) is 9.90 Å². The van der Waals surface area contributed by atoms with Crippen LogP contribution < -0.4 is 0 Å². The van der Waals surface area contributed by atoms with Gasteiger partial charge in [0.25, 0.3) is 0 Å². The van der Waals surface area contributed by atoms with Crippen LogP contribution in [0.25, 0.3) is 0 Å². The number of unbranched alkanes of at least 4 members (excludes halogenated alkanes) is 7. The van der Waals surface area contributed by atoms with Gasteiger partial charge in [-0.2, -0.15) is 0 Å². The molecule has 0 aliphatic heterocycles. The maximum Gasteiger partial charge on any atom is 0.306 e. The fourth-order valence-corrected chi connectivity index (χ4v) is 2.69. The van der Waals surface area contributed by atoms with Crippen LogP contribution in [0.1, 0.15) is 91.4 Å². The van der Waals surface area contributed by atoms with E-state index in [0.29, 0.717) is 5.92 Å². The first kappa shape index (κ1) is 18.5. The van der Waals surface area contributed by atoms with Crippen LogP contribution in [0.15, 0.2) is 0 Å². The van der Waals surface area contributed by atoms with Gasteiger partial charge in [0.1, 0.15) is 0 Å². The number of carbonyl (C=O) groups is 1. The Morgan fingerprint density at radius 1 is 0.842 bits per heavy atom. The van der Waals surface area contributed by atoms with Crippen molar-refractivity contribution in [2.75, 3.05) is 0 Å². The minimum Gasteiger partial charge on any atom is -0.481 e. The summed E-state index contributed by atoms with van der Waals surface area (Å²) in [6.07, 6.45) is 13.6. The molecular weight excluding hydrogens is 236 g/mol. The summed E-state index contributed by atoms with van der Waals surface area (Å²) < 4.78 is 0. The molecule has 0 rings (SSSR count). The second-order valence-corrected chi connectivity index (χ2v) is 5.94. The maximum atomic E-state index is 11.2. The van der Waals surface area contributed by atoms with Crippen LogP contribution in [0.3, 0.4) is 0 Å². The fraction of sp³-hybridized carbons (Fsp3) is 0.941. The van der Waals surface area contributed by atoms with E-state index in [4.69, 9.17) is 0 Å². The van der Waals surface area contributed by atoms with Gasteiger partial charge in [-0.3, -0.25) is 4.79 Å². The maximum absolute atomic E-state index is 11.2. The van der Waals surface area contributed by atoms with E-state index in [1.807, 2.05) is 6.92 Å². The summed E-state index contributed by atoms with van der Waals surface area (Å²) >= 11 is 0. The lowest BCUT2D eigenvalue weighted by Gasteiger charge is -2.21. The second kappa shape index (κ2) is 12.5. The molecule has 0 aromatic carbocycles.